The minimum atomic E-state index is -4.54. The number of piperidine rings is 1. The number of halogens is 3. The second-order valence-corrected chi connectivity index (χ2v) is 13.9. The summed E-state index contributed by atoms with van der Waals surface area (Å²) in [6, 6.07) is 0.243. The highest BCUT2D eigenvalue weighted by molar-refractivity contribution is 6.37. The molecule has 0 bridgehead atoms. The molecule has 3 aliphatic carbocycles. The van der Waals surface area contributed by atoms with E-state index in [1.807, 2.05) is 0 Å². The van der Waals surface area contributed by atoms with Crippen molar-refractivity contribution in [3.8, 4) is 0 Å². The Morgan fingerprint density at radius 2 is 1.80 bits per heavy atom. The number of anilines is 1. The number of rotatable bonds is 10. The van der Waals surface area contributed by atoms with E-state index >= 15 is 0 Å². The number of nitrogens with two attached hydrogens (primary N) is 1. The van der Waals surface area contributed by atoms with Crippen LogP contribution >= 0.6 is 0 Å². The number of carbonyl (C=O) groups is 4. The van der Waals surface area contributed by atoms with Crippen molar-refractivity contribution in [1.29, 1.82) is 0 Å². The Kier molecular flexibility index (Phi) is 8.09. The molecule has 2 heterocycles. The van der Waals surface area contributed by atoms with Gasteiger partial charge in [-0.25, -0.2) is 0 Å². The molecule has 4 N–H and O–H groups in total. The van der Waals surface area contributed by atoms with Crippen LogP contribution < -0.4 is 16.4 Å². The van der Waals surface area contributed by atoms with Crippen molar-refractivity contribution < 1.29 is 36.8 Å². The SMILES string of the molecule is CC1(C)C2[C@@H](C(=O)NC(CC3CCC3)C(=O)C(N)=O)N(C(=O)[C@H](Nc3nc4cc(C(F)(F)F)ccc4o3)C3CCCCC3)C[C@H]21. The lowest BCUT2D eigenvalue weighted by atomic mass is 9.80. The quantitative estimate of drug-likeness (QED) is 0.329. The molecule has 4 fully saturated rings. The fraction of sp³-hybridized carbons (Fsp3) is 0.656. The number of aromatic nitrogens is 1. The molecular formula is C32H40F3N5O5. The van der Waals surface area contributed by atoms with Gasteiger partial charge in [-0.3, -0.25) is 19.2 Å². The van der Waals surface area contributed by atoms with Crippen LogP contribution in [0.4, 0.5) is 19.2 Å². The van der Waals surface area contributed by atoms with Crippen molar-refractivity contribution in [3.63, 3.8) is 0 Å². The van der Waals surface area contributed by atoms with E-state index in [0.717, 1.165) is 63.5 Å². The highest BCUT2D eigenvalue weighted by Gasteiger charge is 2.69. The van der Waals surface area contributed by atoms with Gasteiger partial charge in [-0.2, -0.15) is 18.2 Å². The molecule has 244 valence electrons. The lowest BCUT2D eigenvalue weighted by molar-refractivity contribution is -0.144. The molecular weight excluding hydrogens is 591 g/mol. The summed E-state index contributed by atoms with van der Waals surface area (Å²) in [5.41, 5.74) is 4.44. The van der Waals surface area contributed by atoms with Gasteiger partial charge >= 0.3 is 6.18 Å². The van der Waals surface area contributed by atoms with Crippen LogP contribution in [-0.4, -0.2) is 58.1 Å². The molecule has 3 saturated carbocycles. The van der Waals surface area contributed by atoms with Crippen LogP contribution in [0, 0.1) is 29.1 Å². The second-order valence-electron chi connectivity index (χ2n) is 13.9. The van der Waals surface area contributed by atoms with E-state index in [-0.39, 0.29) is 52.1 Å². The van der Waals surface area contributed by atoms with Crippen molar-refractivity contribution >= 4 is 40.6 Å². The molecule has 13 heteroatoms. The number of nitrogens with one attached hydrogen (secondary N) is 2. The molecule has 1 aromatic carbocycles. The number of benzene rings is 1. The monoisotopic (exact) mass is 631 g/mol. The van der Waals surface area contributed by atoms with Crippen LogP contribution in [0.5, 0.6) is 0 Å². The summed E-state index contributed by atoms with van der Waals surface area (Å²) in [6.07, 6.45) is 2.99. The normalized spacial score (nSPS) is 26.1. The third-order valence-electron chi connectivity index (χ3n) is 10.8. The smallest absolute Gasteiger partial charge is 0.416 e. The zero-order valence-electron chi connectivity index (χ0n) is 25.5. The first-order chi connectivity index (χ1) is 21.3. The molecule has 1 aromatic heterocycles. The Hall–Kier alpha value is -3.64. The Labute approximate surface area is 259 Å². The molecule has 1 aliphatic heterocycles. The third-order valence-corrected chi connectivity index (χ3v) is 10.8. The molecule has 2 unspecified atom stereocenters. The number of hydrogen-bond acceptors (Lipinski definition) is 7. The molecule has 0 radical (unpaired) electrons. The first-order valence-corrected chi connectivity index (χ1v) is 15.9. The van der Waals surface area contributed by atoms with Gasteiger partial charge in [0.25, 0.3) is 11.9 Å². The minimum absolute atomic E-state index is 0.0141. The summed E-state index contributed by atoms with van der Waals surface area (Å²) in [5, 5.41) is 5.90. The molecule has 5 atom stereocenters. The number of carbonyl (C=O) groups excluding carboxylic acids is 4. The van der Waals surface area contributed by atoms with Crippen LogP contribution in [0.1, 0.15) is 77.2 Å². The van der Waals surface area contributed by atoms with Gasteiger partial charge in [0.15, 0.2) is 5.58 Å². The average molecular weight is 632 g/mol. The minimum Gasteiger partial charge on any atom is -0.424 e. The molecule has 6 rings (SSSR count). The van der Waals surface area contributed by atoms with Crippen LogP contribution in [0.15, 0.2) is 22.6 Å². The second kappa shape index (κ2) is 11.6. The number of amides is 3. The topological polar surface area (TPSA) is 148 Å². The number of hydrogen-bond donors (Lipinski definition) is 3. The van der Waals surface area contributed by atoms with Gasteiger partial charge in [-0.15, -0.1) is 0 Å². The van der Waals surface area contributed by atoms with Crippen LogP contribution in [-0.2, 0) is 25.4 Å². The molecule has 0 spiro atoms. The first kappa shape index (κ1) is 31.3. The van der Waals surface area contributed by atoms with E-state index in [2.05, 4.69) is 29.5 Å². The largest absolute Gasteiger partial charge is 0.424 e. The van der Waals surface area contributed by atoms with Gasteiger partial charge in [0.05, 0.1) is 11.6 Å². The summed E-state index contributed by atoms with van der Waals surface area (Å²) in [4.78, 5) is 58.7. The summed E-state index contributed by atoms with van der Waals surface area (Å²) < 4.78 is 45.6. The maximum absolute atomic E-state index is 14.4. The number of fused-ring (bicyclic) bond motifs is 2. The van der Waals surface area contributed by atoms with Gasteiger partial charge in [0, 0.05) is 6.54 Å². The fourth-order valence-electron chi connectivity index (χ4n) is 7.86. The maximum atomic E-state index is 14.4. The Morgan fingerprint density at radius 3 is 2.42 bits per heavy atom. The van der Waals surface area contributed by atoms with Gasteiger partial charge in [0.1, 0.15) is 17.6 Å². The molecule has 4 aliphatic rings. The lowest BCUT2D eigenvalue weighted by Gasteiger charge is -2.37. The van der Waals surface area contributed by atoms with E-state index in [4.69, 9.17) is 10.2 Å². The lowest BCUT2D eigenvalue weighted by Crippen LogP contribution is -2.58. The first-order valence-electron chi connectivity index (χ1n) is 15.9. The van der Waals surface area contributed by atoms with Gasteiger partial charge in [-0.05, 0) is 66.5 Å². The van der Waals surface area contributed by atoms with E-state index in [9.17, 15) is 32.3 Å². The highest BCUT2D eigenvalue weighted by Crippen LogP contribution is 2.65. The molecule has 1 saturated heterocycles. The average Bonchev–Trinajstić information content (AvgIpc) is 3.32. The summed E-state index contributed by atoms with van der Waals surface area (Å²) in [6.45, 7) is 4.45. The molecule has 2 aromatic rings. The molecule has 3 amide bonds. The molecule has 10 nitrogen and oxygen atoms in total. The Balaban J connectivity index is 1.26. The van der Waals surface area contributed by atoms with Crippen LogP contribution in [0.2, 0.25) is 0 Å². The predicted octanol–water partition coefficient (Wildman–Crippen LogP) is 4.42. The number of ketones is 1. The van der Waals surface area contributed by atoms with Crippen molar-refractivity contribution in [3.05, 3.63) is 23.8 Å². The molecule has 45 heavy (non-hydrogen) atoms. The summed E-state index contributed by atoms with van der Waals surface area (Å²) >= 11 is 0. The zero-order chi connectivity index (χ0) is 32.3. The van der Waals surface area contributed by atoms with Crippen molar-refractivity contribution in [2.24, 2.45) is 34.8 Å². The Morgan fingerprint density at radius 1 is 1.09 bits per heavy atom. The Bertz CT molecular complexity index is 1500. The maximum Gasteiger partial charge on any atom is 0.416 e. The van der Waals surface area contributed by atoms with E-state index in [1.54, 1.807) is 4.90 Å². The van der Waals surface area contributed by atoms with Crippen molar-refractivity contribution in [2.45, 2.75) is 95.9 Å². The van der Waals surface area contributed by atoms with Crippen LogP contribution in [0.25, 0.3) is 11.1 Å². The highest BCUT2D eigenvalue weighted by atomic mass is 19.4. The number of primary amides is 1. The number of alkyl halides is 3. The fourth-order valence-corrected chi connectivity index (χ4v) is 7.86. The summed E-state index contributed by atoms with van der Waals surface area (Å²) in [5.74, 6) is -2.70. The van der Waals surface area contributed by atoms with E-state index in [1.165, 1.54) is 6.07 Å². The van der Waals surface area contributed by atoms with Gasteiger partial charge < -0.3 is 25.7 Å². The van der Waals surface area contributed by atoms with Crippen LogP contribution in [0.3, 0.4) is 0 Å². The summed E-state index contributed by atoms with van der Waals surface area (Å²) in [7, 11) is 0. The number of nitrogens with zero attached hydrogens (tertiary/aromatic N) is 2. The number of likely N-dealkylation sites (tertiary alicyclic amines) is 1. The van der Waals surface area contributed by atoms with Crippen molar-refractivity contribution in [1.82, 2.24) is 15.2 Å². The van der Waals surface area contributed by atoms with E-state index in [0.29, 0.717) is 13.0 Å². The van der Waals surface area contributed by atoms with Gasteiger partial charge in [-0.1, -0.05) is 52.4 Å². The zero-order valence-corrected chi connectivity index (χ0v) is 25.5. The predicted molar refractivity (Wildman–Crippen MR) is 157 cm³/mol. The van der Waals surface area contributed by atoms with E-state index < -0.39 is 47.5 Å². The third kappa shape index (κ3) is 6.02. The van der Waals surface area contributed by atoms with Crippen molar-refractivity contribution in [2.75, 3.05) is 11.9 Å². The standard InChI is InChI=1S/C32H40F3N5O5/c1-31(2)19-15-40(25(23(19)31)28(43)37-21(26(41)27(36)42)13-16-7-6-8-16)29(44)24(17-9-4-3-5-10-17)39-30-38-20-14-18(32(33,34)35)11-12-22(20)45-30/h11-12,14,16-17,19,21,23-25H,3-10,13,15H2,1-2H3,(H2,36,42)(H,37,43)(H,38,39)/t19-,21?,23?,24-,25+/m1/s1. The number of oxazole rings is 1. The number of Topliss-reactive ketones (excluding diaryl/α,β-unsaturated/α-hetero) is 1. The van der Waals surface area contributed by atoms with Gasteiger partial charge in [0.2, 0.25) is 17.6 Å².